The normalized spacial score (nSPS) is 41.7. The predicted molar refractivity (Wildman–Crippen MR) is 142 cm³/mol. The highest BCUT2D eigenvalue weighted by atomic mass is 32.1. The number of fused-ring (bicyclic) bond motifs is 5. The van der Waals surface area contributed by atoms with Gasteiger partial charge in [0.25, 0.3) is 0 Å². The van der Waals surface area contributed by atoms with Crippen molar-refractivity contribution in [3.8, 4) is 0 Å². The second-order valence-electron chi connectivity index (χ2n) is 13.7. The molecule has 0 aliphatic heterocycles. The van der Waals surface area contributed by atoms with E-state index in [2.05, 4.69) is 43.6 Å². The maximum absolute atomic E-state index is 13.6. The Morgan fingerprint density at radius 2 is 1.83 bits per heavy atom. The van der Waals surface area contributed by atoms with Gasteiger partial charge in [0.15, 0.2) is 0 Å². The van der Waals surface area contributed by atoms with Gasteiger partial charge < -0.3 is 5.32 Å². The molecule has 1 unspecified atom stereocenters. The van der Waals surface area contributed by atoms with Crippen LogP contribution in [0.1, 0.15) is 102 Å². The monoisotopic (exact) mass is 509 g/mol. The maximum Gasteiger partial charge on any atom is 0.220 e. The first kappa shape index (κ1) is 24.8. The molecule has 9 atom stereocenters. The van der Waals surface area contributed by atoms with Crippen molar-refractivity contribution in [2.24, 2.45) is 52.3 Å². The molecule has 196 valence electrons. The lowest BCUT2D eigenvalue weighted by Crippen LogP contribution is -2.57. The molecule has 0 saturated heterocycles. The number of carbonyl (C=O) groups excluding carboxylic acids is 3. The highest BCUT2D eigenvalue weighted by Crippen LogP contribution is 2.67. The fourth-order valence-corrected chi connectivity index (χ4v) is 10.6. The summed E-state index contributed by atoms with van der Waals surface area (Å²) in [4.78, 5) is 40.3. The summed E-state index contributed by atoms with van der Waals surface area (Å²) in [5.74, 6) is 3.76. The summed E-state index contributed by atoms with van der Waals surface area (Å²) in [7, 11) is 0. The summed E-state index contributed by atoms with van der Waals surface area (Å²) in [5, 5.41) is 5.51. The van der Waals surface area contributed by atoms with Crippen molar-refractivity contribution >= 4 is 28.8 Å². The number of hydrogen-bond acceptors (Lipinski definition) is 4. The number of nitrogens with one attached hydrogen (secondary N) is 1. The van der Waals surface area contributed by atoms with Crippen LogP contribution in [0.2, 0.25) is 0 Å². The number of rotatable bonds is 6. The number of carbonyl (C=O) groups is 3. The first-order valence-electron chi connectivity index (χ1n) is 14.6. The molecule has 1 amide bonds. The van der Waals surface area contributed by atoms with Gasteiger partial charge >= 0.3 is 0 Å². The minimum atomic E-state index is 0.147. The van der Waals surface area contributed by atoms with E-state index in [-0.39, 0.29) is 34.6 Å². The molecular formula is C31H43NO3S. The third kappa shape index (κ3) is 4.03. The van der Waals surface area contributed by atoms with E-state index in [9.17, 15) is 14.4 Å². The van der Waals surface area contributed by atoms with E-state index >= 15 is 0 Å². The number of Topliss-reactive ketones (excluding diaryl/α,β-unsaturated/α-hetero) is 2. The summed E-state index contributed by atoms with van der Waals surface area (Å²) in [6.45, 7) is 7.14. The largest absolute Gasteiger partial charge is 0.348 e. The van der Waals surface area contributed by atoms with Crippen LogP contribution in [0.4, 0.5) is 0 Å². The van der Waals surface area contributed by atoms with E-state index in [1.165, 1.54) is 24.1 Å². The number of ketones is 2. The van der Waals surface area contributed by atoms with E-state index < -0.39 is 0 Å². The van der Waals surface area contributed by atoms with Crippen LogP contribution in [-0.2, 0) is 14.4 Å². The molecule has 5 aliphatic carbocycles. The lowest BCUT2D eigenvalue weighted by Gasteiger charge is -2.59. The highest BCUT2D eigenvalue weighted by molar-refractivity contribution is 7.10. The molecule has 1 aromatic heterocycles. The average molecular weight is 510 g/mol. The fraction of sp³-hybridized carbons (Fsp3) is 0.774. The second-order valence-corrected chi connectivity index (χ2v) is 14.6. The van der Waals surface area contributed by atoms with E-state index in [0.717, 1.165) is 25.7 Å². The molecule has 1 N–H and O–H groups in total. The third-order valence-corrected chi connectivity index (χ3v) is 12.8. The van der Waals surface area contributed by atoms with E-state index in [4.69, 9.17) is 0 Å². The second kappa shape index (κ2) is 9.06. The van der Waals surface area contributed by atoms with Crippen LogP contribution in [0.3, 0.4) is 0 Å². The zero-order valence-corrected chi connectivity index (χ0v) is 23.1. The third-order valence-electron chi connectivity index (χ3n) is 11.8. The topological polar surface area (TPSA) is 63.2 Å². The predicted octanol–water partition coefficient (Wildman–Crippen LogP) is 6.75. The van der Waals surface area contributed by atoms with Gasteiger partial charge in [0.05, 0.1) is 6.04 Å². The molecule has 5 saturated carbocycles. The molecule has 4 nitrogen and oxygen atoms in total. The van der Waals surface area contributed by atoms with Gasteiger partial charge in [-0.25, -0.2) is 0 Å². The molecule has 0 radical (unpaired) electrons. The van der Waals surface area contributed by atoms with E-state index in [1.54, 1.807) is 11.3 Å². The summed E-state index contributed by atoms with van der Waals surface area (Å²) in [5.41, 5.74) is 0.297. The number of amides is 1. The Kier molecular flexibility index (Phi) is 6.25. The first-order valence-corrected chi connectivity index (χ1v) is 15.5. The van der Waals surface area contributed by atoms with Crippen molar-refractivity contribution in [3.05, 3.63) is 22.4 Å². The Morgan fingerprint density at radius 1 is 1.06 bits per heavy atom. The molecular weight excluding hydrogens is 466 g/mol. The fourth-order valence-electron chi connectivity index (χ4n) is 9.69. The summed E-state index contributed by atoms with van der Waals surface area (Å²) in [6, 6.07) is 4.43. The van der Waals surface area contributed by atoms with Gasteiger partial charge in [0, 0.05) is 36.5 Å². The molecule has 5 heteroatoms. The van der Waals surface area contributed by atoms with Crippen LogP contribution >= 0.6 is 11.3 Å². The zero-order chi connectivity index (χ0) is 25.2. The minimum Gasteiger partial charge on any atom is -0.348 e. The molecule has 0 spiro atoms. The maximum atomic E-state index is 13.6. The van der Waals surface area contributed by atoms with Crippen molar-refractivity contribution in [2.75, 3.05) is 0 Å². The van der Waals surface area contributed by atoms with Crippen LogP contribution in [0.15, 0.2) is 17.5 Å². The van der Waals surface area contributed by atoms with Gasteiger partial charge in [-0.15, -0.1) is 11.3 Å². The van der Waals surface area contributed by atoms with Gasteiger partial charge in [-0.1, -0.05) is 26.8 Å². The van der Waals surface area contributed by atoms with Gasteiger partial charge in [0.1, 0.15) is 11.6 Å². The SMILES string of the molecule is C[C@H](CC(=O)NC(c1cccs1)C1CC1)[C@H]1CC[C@H]2[C@@H]3C(=O)C[C@@H]4CC(=O)CC[C@]4(C)[C@H]3CC[C@]12C. The summed E-state index contributed by atoms with van der Waals surface area (Å²) in [6.07, 6.45) is 10.5. The number of hydrogen-bond donors (Lipinski definition) is 1. The molecule has 0 bridgehead atoms. The van der Waals surface area contributed by atoms with Crippen LogP contribution in [0, 0.1) is 52.3 Å². The first-order chi connectivity index (χ1) is 17.2. The van der Waals surface area contributed by atoms with E-state index in [0.29, 0.717) is 66.8 Å². The average Bonchev–Trinajstić information content (AvgIpc) is 3.39. The lowest BCUT2D eigenvalue weighted by atomic mass is 9.44. The molecule has 1 heterocycles. The van der Waals surface area contributed by atoms with Gasteiger partial charge in [-0.2, -0.15) is 0 Å². The Hall–Kier alpha value is -1.49. The standard InChI is InChI=1S/C31H43NO3S/c1-18(15-27(35)32-29(19-6-7-19)26-5-4-14-36-26)22-8-9-23-28-24(11-13-31(22,23)3)30(2)12-10-21(33)16-20(30)17-25(28)34/h4-5,14,18-20,22-24,28-29H,6-13,15-17H2,1-3H3,(H,32,35)/t18-,20+,22-,23+,24+,28+,29?,30+,31-/m1/s1. The van der Waals surface area contributed by atoms with Gasteiger partial charge in [0.2, 0.25) is 5.91 Å². The van der Waals surface area contributed by atoms with Crippen molar-refractivity contribution in [1.29, 1.82) is 0 Å². The Labute approximate surface area is 220 Å². The molecule has 6 rings (SSSR count). The van der Waals surface area contributed by atoms with Crippen LogP contribution in [-0.4, -0.2) is 17.5 Å². The highest BCUT2D eigenvalue weighted by Gasteiger charge is 2.63. The Morgan fingerprint density at radius 3 is 2.56 bits per heavy atom. The molecule has 36 heavy (non-hydrogen) atoms. The minimum absolute atomic E-state index is 0.147. The van der Waals surface area contributed by atoms with E-state index in [1.807, 2.05) is 0 Å². The van der Waals surface area contributed by atoms with Crippen LogP contribution in [0.5, 0.6) is 0 Å². The lowest BCUT2D eigenvalue weighted by molar-refractivity contribution is -0.159. The smallest absolute Gasteiger partial charge is 0.220 e. The van der Waals surface area contributed by atoms with Crippen molar-refractivity contribution in [2.45, 2.75) is 97.4 Å². The molecule has 5 aliphatic rings. The van der Waals surface area contributed by atoms with Crippen molar-refractivity contribution in [3.63, 3.8) is 0 Å². The Bertz CT molecular complexity index is 1030. The molecule has 0 aromatic carbocycles. The summed E-state index contributed by atoms with van der Waals surface area (Å²) >= 11 is 1.75. The van der Waals surface area contributed by atoms with Gasteiger partial charge in [-0.3, -0.25) is 14.4 Å². The zero-order valence-electron chi connectivity index (χ0n) is 22.3. The Balaban J connectivity index is 1.15. The van der Waals surface area contributed by atoms with Crippen molar-refractivity contribution < 1.29 is 14.4 Å². The summed E-state index contributed by atoms with van der Waals surface area (Å²) < 4.78 is 0. The number of thiophene rings is 1. The van der Waals surface area contributed by atoms with Gasteiger partial charge in [-0.05, 0) is 103 Å². The van der Waals surface area contributed by atoms with Crippen molar-refractivity contribution in [1.82, 2.24) is 5.32 Å². The molecule has 1 aromatic rings. The van der Waals surface area contributed by atoms with Crippen LogP contribution in [0.25, 0.3) is 0 Å². The van der Waals surface area contributed by atoms with Crippen LogP contribution < -0.4 is 5.32 Å². The molecule has 5 fully saturated rings. The quantitative estimate of drug-likeness (QED) is 0.461.